The Morgan fingerprint density at radius 1 is 1.12 bits per heavy atom. The summed E-state index contributed by atoms with van der Waals surface area (Å²) >= 11 is 0. The third-order valence-electron chi connectivity index (χ3n) is 3.61. The minimum absolute atomic E-state index is 0.100. The number of nitro groups is 1. The summed E-state index contributed by atoms with van der Waals surface area (Å²) in [6.07, 6.45) is 1.56. The van der Waals surface area contributed by atoms with Gasteiger partial charge in [-0.25, -0.2) is 5.43 Å². The predicted octanol–water partition coefficient (Wildman–Crippen LogP) is 3.28. The van der Waals surface area contributed by atoms with Crippen LogP contribution in [0.3, 0.4) is 0 Å². The quantitative estimate of drug-likeness (QED) is 0.420. The van der Waals surface area contributed by atoms with Gasteiger partial charge in [0.1, 0.15) is 5.75 Å². The second-order valence-electron chi connectivity index (χ2n) is 5.40. The van der Waals surface area contributed by atoms with Gasteiger partial charge < -0.3 is 4.74 Å². The first-order valence-corrected chi connectivity index (χ1v) is 7.80. The number of rotatable bonds is 6. The first-order chi connectivity index (χ1) is 12.6. The molecule has 0 aliphatic rings. The Kier molecular flexibility index (Phi) is 5.19. The number of nitrogens with one attached hydrogen (secondary N) is 1. The van der Waals surface area contributed by atoms with Crippen LogP contribution in [-0.4, -0.2) is 23.7 Å². The van der Waals surface area contributed by atoms with Crippen LogP contribution in [0.15, 0.2) is 71.8 Å². The van der Waals surface area contributed by atoms with Crippen LogP contribution in [-0.2, 0) is 4.79 Å². The molecule has 1 N–H and O–H groups in total. The molecule has 0 radical (unpaired) electrons. The topological polar surface area (TPSA) is 93.8 Å². The zero-order valence-corrected chi connectivity index (χ0v) is 13.7. The Labute approximate surface area is 149 Å². The van der Waals surface area contributed by atoms with Crippen LogP contribution in [0, 0.1) is 10.1 Å². The lowest BCUT2D eigenvalue weighted by atomic mass is 10.1. The number of hydrogen-bond acceptors (Lipinski definition) is 5. The lowest BCUT2D eigenvalue weighted by Crippen LogP contribution is -2.24. The van der Waals surface area contributed by atoms with Crippen molar-refractivity contribution in [1.82, 2.24) is 5.43 Å². The van der Waals surface area contributed by atoms with Crippen molar-refractivity contribution >= 4 is 28.6 Å². The van der Waals surface area contributed by atoms with Gasteiger partial charge in [0.15, 0.2) is 6.61 Å². The molecule has 3 aromatic carbocycles. The summed E-state index contributed by atoms with van der Waals surface area (Å²) in [6.45, 7) is -0.298. The molecule has 0 bridgehead atoms. The van der Waals surface area contributed by atoms with Crippen LogP contribution in [0.5, 0.6) is 5.75 Å². The molecule has 0 atom stereocenters. The molecule has 130 valence electrons. The van der Waals surface area contributed by atoms with E-state index in [1.807, 2.05) is 42.5 Å². The van der Waals surface area contributed by atoms with Crippen molar-refractivity contribution in [3.8, 4) is 5.75 Å². The van der Waals surface area contributed by atoms with Gasteiger partial charge in [0.2, 0.25) is 0 Å². The molecule has 0 aromatic heterocycles. The summed E-state index contributed by atoms with van der Waals surface area (Å²) in [4.78, 5) is 22.0. The predicted molar refractivity (Wildman–Crippen MR) is 98.3 cm³/mol. The van der Waals surface area contributed by atoms with Gasteiger partial charge in [-0.15, -0.1) is 0 Å². The fraction of sp³-hybridized carbons (Fsp3) is 0.0526. The number of nitro benzene ring substituents is 1. The van der Waals surface area contributed by atoms with Crippen molar-refractivity contribution in [2.24, 2.45) is 5.10 Å². The van der Waals surface area contributed by atoms with Crippen LogP contribution in [0.1, 0.15) is 5.56 Å². The summed E-state index contributed by atoms with van der Waals surface area (Å²) in [5, 5.41) is 16.8. The molecule has 0 unspecified atom stereocenters. The Balaban J connectivity index is 1.58. The molecule has 0 saturated heterocycles. The molecule has 0 aliphatic heterocycles. The maximum atomic E-state index is 11.8. The normalized spacial score (nSPS) is 10.8. The van der Waals surface area contributed by atoms with Gasteiger partial charge in [-0.2, -0.15) is 5.10 Å². The molecular weight excluding hydrogens is 334 g/mol. The summed E-state index contributed by atoms with van der Waals surface area (Å²) in [6, 6.07) is 19.3. The van der Waals surface area contributed by atoms with Crippen molar-refractivity contribution in [2.75, 3.05) is 6.61 Å². The second-order valence-corrected chi connectivity index (χ2v) is 5.40. The van der Waals surface area contributed by atoms with Gasteiger partial charge in [-0.05, 0) is 16.8 Å². The van der Waals surface area contributed by atoms with E-state index in [9.17, 15) is 14.9 Å². The molecule has 0 fully saturated rings. The minimum Gasteiger partial charge on any atom is -0.483 e. The Bertz CT molecular complexity index is 980. The van der Waals surface area contributed by atoms with Crippen LogP contribution in [0.25, 0.3) is 10.8 Å². The number of nitrogens with zero attached hydrogens (tertiary/aromatic N) is 2. The van der Waals surface area contributed by atoms with Gasteiger partial charge in [0.05, 0.1) is 17.2 Å². The van der Waals surface area contributed by atoms with E-state index in [1.54, 1.807) is 12.3 Å². The smallest absolute Gasteiger partial charge is 0.277 e. The van der Waals surface area contributed by atoms with E-state index in [0.717, 1.165) is 16.3 Å². The molecule has 0 saturated carbocycles. The van der Waals surface area contributed by atoms with E-state index in [4.69, 9.17) is 4.74 Å². The highest BCUT2D eigenvalue weighted by molar-refractivity contribution is 5.99. The zero-order valence-electron chi connectivity index (χ0n) is 13.7. The summed E-state index contributed by atoms with van der Waals surface area (Å²) in [7, 11) is 0. The third kappa shape index (κ3) is 4.21. The van der Waals surface area contributed by atoms with Gasteiger partial charge in [0.25, 0.3) is 11.6 Å². The Morgan fingerprint density at radius 3 is 2.73 bits per heavy atom. The average Bonchev–Trinajstić information content (AvgIpc) is 2.67. The first kappa shape index (κ1) is 17.1. The summed E-state index contributed by atoms with van der Waals surface area (Å²) in [5.74, 6) is -0.222. The molecule has 0 aliphatic carbocycles. The molecule has 3 rings (SSSR count). The maximum Gasteiger partial charge on any atom is 0.277 e. The van der Waals surface area contributed by atoms with E-state index in [1.165, 1.54) is 18.2 Å². The number of hydrogen-bond donors (Lipinski definition) is 1. The molecular formula is C19H15N3O4. The SMILES string of the molecule is O=C(COc1cccc([N+](=O)[O-])c1)NN=Cc1cccc2ccccc12. The molecule has 0 heterocycles. The van der Waals surface area contributed by atoms with Crippen LogP contribution < -0.4 is 10.2 Å². The monoisotopic (exact) mass is 349 g/mol. The van der Waals surface area contributed by atoms with Crippen molar-refractivity contribution < 1.29 is 14.5 Å². The van der Waals surface area contributed by atoms with Crippen molar-refractivity contribution in [3.63, 3.8) is 0 Å². The molecule has 3 aromatic rings. The highest BCUT2D eigenvalue weighted by Gasteiger charge is 2.07. The number of non-ortho nitro benzene ring substituents is 1. The molecule has 1 amide bonds. The molecule has 0 spiro atoms. The van der Waals surface area contributed by atoms with E-state index in [2.05, 4.69) is 10.5 Å². The van der Waals surface area contributed by atoms with Crippen molar-refractivity contribution in [3.05, 3.63) is 82.4 Å². The van der Waals surface area contributed by atoms with Crippen molar-refractivity contribution in [1.29, 1.82) is 0 Å². The average molecular weight is 349 g/mol. The molecule has 7 heteroatoms. The zero-order chi connectivity index (χ0) is 18.4. The minimum atomic E-state index is -0.526. The number of carbonyl (C=O) groups is 1. The highest BCUT2D eigenvalue weighted by Crippen LogP contribution is 2.19. The van der Waals surface area contributed by atoms with Crippen LogP contribution in [0.4, 0.5) is 5.69 Å². The lowest BCUT2D eigenvalue weighted by Gasteiger charge is -2.05. The number of ether oxygens (including phenoxy) is 1. The largest absolute Gasteiger partial charge is 0.483 e. The fourth-order valence-electron chi connectivity index (χ4n) is 2.40. The van der Waals surface area contributed by atoms with E-state index < -0.39 is 10.8 Å². The standard InChI is InChI=1S/C19H15N3O4/c23-19(13-26-17-9-4-8-16(11-17)22(24)25)21-20-12-15-7-3-6-14-5-1-2-10-18(14)15/h1-12H,13H2,(H,21,23). The van der Waals surface area contributed by atoms with Gasteiger partial charge >= 0.3 is 0 Å². The number of carbonyl (C=O) groups excluding carboxylic acids is 1. The van der Waals surface area contributed by atoms with Crippen molar-refractivity contribution in [2.45, 2.75) is 0 Å². The number of amides is 1. The Hall–Kier alpha value is -3.74. The van der Waals surface area contributed by atoms with Gasteiger partial charge in [0, 0.05) is 11.6 Å². The third-order valence-corrected chi connectivity index (χ3v) is 3.61. The highest BCUT2D eigenvalue weighted by atomic mass is 16.6. The second kappa shape index (κ2) is 7.89. The van der Waals surface area contributed by atoms with Crippen LogP contribution >= 0.6 is 0 Å². The number of hydrazone groups is 1. The summed E-state index contributed by atoms with van der Waals surface area (Å²) in [5.41, 5.74) is 3.15. The van der Waals surface area contributed by atoms with E-state index in [0.29, 0.717) is 0 Å². The number of benzene rings is 3. The Morgan fingerprint density at radius 2 is 1.88 bits per heavy atom. The van der Waals surface area contributed by atoms with Gasteiger partial charge in [-0.1, -0.05) is 48.5 Å². The van der Waals surface area contributed by atoms with Gasteiger partial charge in [-0.3, -0.25) is 14.9 Å². The maximum absolute atomic E-state index is 11.8. The molecule has 26 heavy (non-hydrogen) atoms. The first-order valence-electron chi connectivity index (χ1n) is 7.80. The summed E-state index contributed by atoms with van der Waals surface area (Å²) < 4.78 is 5.24. The van der Waals surface area contributed by atoms with Crippen LogP contribution in [0.2, 0.25) is 0 Å². The molecule has 7 nitrogen and oxygen atoms in total. The van der Waals surface area contributed by atoms with E-state index >= 15 is 0 Å². The van der Waals surface area contributed by atoms with E-state index in [-0.39, 0.29) is 18.0 Å². The fourth-order valence-corrected chi connectivity index (χ4v) is 2.40. The number of fused-ring (bicyclic) bond motifs is 1. The lowest BCUT2D eigenvalue weighted by molar-refractivity contribution is -0.384.